The van der Waals surface area contributed by atoms with Crippen molar-refractivity contribution in [3.05, 3.63) is 35.4 Å². The summed E-state index contributed by atoms with van der Waals surface area (Å²) in [5.41, 5.74) is 2.03. The molecule has 0 radical (unpaired) electrons. The van der Waals surface area contributed by atoms with Crippen molar-refractivity contribution in [3.63, 3.8) is 0 Å². The third-order valence-electron chi connectivity index (χ3n) is 4.30. The van der Waals surface area contributed by atoms with Crippen LogP contribution < -0.4 is 5.32 Å². The van der Waals surface area contributed by atoms with E-state index in [0.717, 1.165) is 6.42 Å². The Morgan fingerprint density at radius 2 is 1.90 bits per heavy atom. The minimum absolute atomic E-state index is 0.0115. The second kappa shape index (κ2) is 7.44. The standard InChI is InChI=1S/C17H25NO2/c1-2-16(12-19)18-17(20)15-10-8-14(9-11-15)13-6-4-3-5-7-13/h8-11,13,16,19H,2-7,12H2,1H3,(H,18,20)/t16-/m0/s1. The van der Waals surface area contributed by atoms with Crippen molar-refractivity contribution in [1.29, 1.82) is 0 Å². The van der Waals surface area contributed by atoms with Crippen molar-refractivity contribution < 1.29 is 9.90 Å². The van der Waals surface area contributed by atoms with E-state index in [1.54, 1.807) is 0 Å². The van der Waals surface area contributed by atoms with Gasteiger partial charge in [0, 0.05) is 5.56 Å². The van der Waals surface area contributed by atoms with Crippen LogP contribution in [-0.2, 0) is 0 Å². The summed E-state index contributed by atoms with van der Waals surface area (Å²) in [6.07, 6.45) is 7.28. The Hall–Kier alpha value is -1.35. The third kappa shape index (κ3) is 3.83. The Morgan fingerprint density at radius 3 is 2.45 bits per heavy atom. The monoisotopic (exact) mass is 275 g/mol. The van der Waals surface area contributed by atoms with Crippen LogP contribution in [0.4, 0.5) is 0 Å². The second-order valence-electron chi connectivity index (χ2n) is 5.72. The largest absolute Gasteiger partial charge is 0.394 e. The van der Waals surface area contributed by atoms with Gasteiger partial charge in [0.1, 0.15) is 0 Å². The highest BCUT2D eigenvalue weighted by Crippen LogP contribution is 2.32. The van der Waals surface area contributed by atoms with Gasteiger partial charge in [0.25, 0.3) is 5.91 Å². The molecule has 0 heterocycles. The van der Waals surface area contributed by atoms with Crippen LogP contribution in [-0.4, -0.2) is 23.7 Å². The topological polar surface area (TPSA) is 49.3 Å². The Morgan fingerprint density at radius 1 is 1.25 bits per heavy atom. The highest BCUT2D eigenvalue weighted by Gasteiger charge is 2.16. The Bertz CT molecular complexity index is 417. The van der Waals surface area contributed by atoms with Crippen molar-refractivity contribution in [1.82, 2.24) is 5.32 Å². The Labute approximate surface area is 121 Å². The van der Waals surface area contributed by atoms with Crippen LogP contribution in [0.25, 0.3) is 0 Å². The highest BCUT2D eigenvalue weighted by molar-refractivity contribution is 5.94. The van der Waals surface area contributed by atoms with Gasteiger partial charge in [0.05, 0.1) is 12.6 Å². The highest BCUT2D eigenvalue weighted by atomic mass is 16.3. The first kappa shape index (κ1) is 15.0. The van der Waals surface area contributed by atoms with Gasteiger partial charge in [0.15, 0.2) is 0 Å². The van der Waals surface area contributed by atoms with Gasteiger partial charge in [-0.3, -0.25) is 4.79 Å². The van der Waals surface area contributed by atoms with Crippen LogP contribution in [0, 0.1) is 0 Å². The van der Waals surface area contributed by atoms with Crippen molar-refractivity contribution in [3.8, 4) is 0 Å². The average molecular weight is 275 g/mol. The first-order chi connectivity index (χ1) is 9.74. The molecule has 1 aliphatic carbocycles. The minimum Gasteiger partial charge on any atom is -0.394 e. The van der Waals surface area contributed by atoms with Crippen LogP contribution in [0.1, 0.15) is 67.3 Å². The number of carbonyl (C=O) groups is 1. The van der Waals surface area contributed by atoms with Crippen molar-refractivity contribution in [2.75, 3.05) is 6.61 Å². The molecule has 20 heavy (non-hydrogen) atoms. The first-order valence-corrected chi connectivity index (χ1v) is 7.76. The zero-order chi connectivity index (χ0) is 14.4. The lowest BCUT2D eigenvalue weighted by Gasteiger charge is -2.22. The third-order valence-corrected chi connectivity index (χ3v) is 4.30. The molecule has 0 aromatic heterocycles. The van der Waals surface area contributed by atoms with Crippen LogP contribution in [0.3, 0.4) is 0 Å². The van der Waals surface area contributed by atoms with Crippen molar-refractivity contribution >= 4 is 5.91 Å². The lowest BCUT2D eigenvalue weighted by Crippen LogP contribution is -2.36. The van der Waals surface area contributed by atoms with E-state index >= 15 is 0 Å². The summed E-state index contributed by atoms with van der Waals surface area (Å²) in [6.45, 7) is 1.94. The summed E-state index contributed by atoms with van der Waals surface area (Å²) in [5.74, 6) is 0.572. The summed E-state index contributed by atoms with van der Waals surface area (Å²) in [4.78, 5) is 12.0. The molecule has 1 amide bonds. The number of hydrogen-bond acceptors (Lipinski definition) is 2. The van der Waals surface area contributed by atoms with Crippen molar-refractivity contribution in [2.24, 2.45) is 0 Å². The first-order valence-electron chi connectivity index (χ1n) is 7.76. The quantitative estimate of drug-likeness (QED) is 0.866. The van der Waals surface area contributed by atoms with E-state index in [0.29, 0.717) is 11.5 Å². The summed E-state index contributed by atoms with van der Waals surface area (Å²) < 4.78 is 0. The fourth-order valence-electron chi connectivity index (χ4n) is 2.89. The second-order valence-corrected chi connectivity index (χ2v) is 5.72. The van der Waals surface area contributed by atoms with Crippen LogP contribution in [0.2, 0.25) is 0 Å². The molecule has 1 atom stereocenters. The van der Waals surface area contributed by atoms with E-state index in [9.17, 15) is 4.79 Å². The van der Waals surface area contributed by atoms with Gasteiger partial charge in [0.2, 0.25) is 0 Å². The number of aliphatic hydroxyl groups is 1. The molecule has 1 fully saturated rings. The van der Waals surface area contributed by atoms with E-state index in [4.69, 9.17) is 5.11 Å². The van der Waals surface area contributed by atoms with Gasteiger partial charge in [-0.1, -0.05) is 38.3 Å². The minimum atomic E-state index is -0.152. The fourth-order valence-corrected chi connectivity index (χ4v) is 2.89. The summed E-state index contributed by atoms with van der Waals surface area (Å²) in [6, 6.07) is 7.84. The molecule has 1 saturated carbocycles. The molecule has 110 valence electrons. The molecule has 3 nitrogen and oxygen atoms in total. The van der Waals surface area contributed by atoms with Gasteiger partial charge < -0.3 is 10.4 Å². The zero-order valence-electron chi connectivity index (χ0n) is 12.3. The number of carbonyl (C=O) groups excluding carboxylic acids is 1. The molecule has 0 bridgehead atoms. The molecule has 0 spiro atoms. The maximum atomic E-state index is 12.0. The molecule has 1 aromatic carbocycles. The molecule has 2 N–H and O–H groups in total. The van der Waals surface area contributed by atoms with Gasteiger partial charge >= 0.3 is 0 Å². The van der Waals surface area contributed by atoms with E-state index < -0.39 is 0 Å². The summed E-state index contributed by atoms with van der Waals surface area (Å²) >= 11 is 0. The van der Waals surface area contributed by atoms with E-state index in [-0.39, 0.29) is 18.6 Å². The fraction of sp³-hybridized carbons (Fsp3) is 0.588. The summed E-state index contributed by atoms with van der Waals surface area (Å²) in [7, 11) is 0. The molecule has 1 aliphatic rings. The number of amides is 1. The van der Waals surface area contributed by atoms with Crippen LogP contribution in [0.15, 0.2) is 24.3 Å². The Balaban J connectivity index is 1.98. The maximum Gasteiger partial charge on any atom is 0.251 e. The number of nitrogens with one attached hydrogen (secondary N) is 1. The number of hydrogen-bond donors (Lipinski definition) is 2. The zero-order valence-corrected chi connectivity index (χ0v) is 12.3. The maximum absolute atomic E-state index is 12.0. The lowest BCUT2D eigenvalue weighted by atomic mass is 9.84. The van der Waals surface area contributed by atoms with Gasteiger partial charge in [-0.25, -0.2) is 0 Å². The average Bonchev–Trinajstić information content (AvgIpc) is 2.53. The summed E-state index contributed by atoms with van der Waals surface area (Å²) in [5, 5.41) is 12.0. The van der Waals surface area contributed by atoms with Gasteiger partial charge in [-0.2, -0.15) is 0 Å². The molecule has 3 heteroatoms. The number of aliphatic hydroxyl groups excluding tert-OH is 1. The van der Waals surface area contributed by atoms with E-state index in [1.165, 1.54) is 37.7 Å². The Kier molecular flexibility index (Phi) is 5.60. The molecule has 0 aliphatic heterocycles. The van der Waals surface area contributed by atoms with E-state index in [1.807, 2.05) is 19.1 Å². The molecular weight excluding hydrogens is 250 g/mol. The predicted molar refractivity (Wildman–Crippen MR) is 80.9 cm³/mol. The van der Waals surface area contributed by atoms with E-state index in [2.05, 4.69) is 17.4 Å². The molecule has 0 saturated heterocycles. The number of rotatable bonds is 5. The van der Waals surface area contributed by atoms with Crippen molar-refractivity contribution in [2.45, 2.75) is 57.4 Å². The molecule has 1 aromatic rings. The number of benzene rings is 1. The molecule has 0 unspecified atom stereocenters. The normalized spacial score (nSPS) is 17.7. The lowest BCUT2D eigenvalue weighted by molar-refractivity contribution is 0.0915. The predicted octanol–water partition coefficient (Wildman–Crippen LogP) is 3.24. The van der Waals surface area contributed by atoms with Gasteiger partial charge in [-0.05, 0) is 42.9 Å². The van der Waals surface area contributed by atoms with Crippen LogP contribution >= 0.6 is 0 Å². The smallest absolute Gasteiger partial charge is 0.251 e. The molecule has 2 rings (SSSR count). The van der Waals surface area contributed by atoms with Gasteiger partial charge in [-0.15, -0.1) is 0 Å². The molecular formula is C17H25NO2. The van der Waals surface area contributed by atoms with Crippen LogP contribution in [0.5, 0.6) is 0 Å². The SMILES string of the molecule is CC[C@@H](CO)NC(=O)c1ccc(C2CCCCC2)cc1.